The normalized spacial score (nSPS) is 9.92. The van der Waals surface area contributed by atoms with Gasteiger partial charge in [0.05, 0.1) is 6.42 Å². The molecule has 0 aliphatic rings. The number of benzene rings is 1. The molecule has 0 spiro atoms. The van der Waals surface area contributed by atoms with Crippen molar-refractivity contribution >= 4 is 5.91 Å². The third kappa shape index (κ3) is 2.21. The summed E-state index contributed by atoms with van der Waals surface area (Å²) >= 11 is 0. The number of rotatable bonds is 3. The second-order valence-corrected chi connectivity index (χ2v) is 2.92. The van der Waals surface area contributed by atoms with Crippen LogP contribution >= 0.6 is 0 Å². The summed E-state index contributed by atoms with van der Waals surface area (Å²) in [5.41, 5.74) is 6.48. The summed E-state index contributed by atoms with van der Waals surface area (Å²) in [4.78, 5) is 10.6. The highest BCUT2D eigenvalue weighted by Crippen LogP contribution is 2.22. The molecule has 0 radical (unpaired) electrons. The number of aryl methyl sites for hydroxylation is 1. The fourth-order valence-corrected chi connectivity index (χ4v) is 1.26. The number of amides is 1. The van der Waals surface area contributed by atoms with Gasteiger partial charge in [-0.25, -0.2) is 0 Å². The molecule has 0 aliphatic heterocycles. The Balaban J connectivity index is 3.01. The number of aromatic hydroxyl groups is 1. The van der Waals surface area contributed by atoms with E-state index in [0.717, 1.165) is 12.0 Å². The molecule has 13 heavy (non-hydrogen) atoms. The number of nitrogens with two attached hydrogens (primary N) is 1. The van der Waals surface area contributed by atoms with Crippen molar-refractivity contribution in [3.63, 3.8) is 0 Å². The molecule has 0 unspecified atom stereocenters. The van der Waals surface area contributed by atoms with Crippen LogP contribution < -0.4 is 5.73 Å². The number of para-hydroxylation sites is 1. The molecule has 1 amide bonds. The van der Waals surface area contributed by atoms with Gasteiger partial charge >= 0.3 is 0 Å². The first-order chi connectivity index (χ1) is 6.15. The first kappa shape index (κ1) is 9.58. The maximum absolute atomic E-state index is 10.6. The van der Waals surface area contributed by atoms with Crippen molar-refractivity contribution in [2.45, 2.75) is 19.8 Å². The molecule has 3 heteroatoms. The van der Waals surface area contributed by atoms with Gasteiger partial charge < -0.3 is 10.8 Å². The Labute approximate surface area is 77.2 Å². The summed E-state index contributed by atoms with van der Waals surface area (Å²) in [6.07, 6.45) is 0.845. The molecule has 1 aromatic carbocycles. The topological polar surface area (TPSA) is 63.3 Å². The minimum absolute atomic E-state index is 0.0969. The summed E-state index contributed by atoms with van der Waals surface area (Å²) < 4.78 is 0. The van der Waals surface area contributed by atoms with Crippen molar-refractivity contribution in [2.75, 3.05) is 0 Å². The molecule has 70 valence electrons. The Bertz CT molecular complexity index is 321. The van der Waals surface area contributed by atoms with E-state index in [4.69, 9.17) is 5.73 Å². The highest BCUT2D eigenvalue weighted by Gasteiger charge is 2.07. The Morgan fingerprint density at radius 2 is 2.08 bits per heavy atom. The zero-order chi connectivity index (χ0) is 9.84. The molecule has 1 rings (SSSR count). The molecule has 0 aliphatic carbocycles. The summed E-state index contributed by atoms with van der Waals surface area (Å²) in [5.74, 6) is -0.229. The van der Waals surface area contributed by atoms with E-state index in [-0.39, 0.29) is 12.2 Å². The van der Waals surface area contributed by atoms with Gasteiger partial charge in [0, 0.05) is 5.56 Å². The van der Waals surface area contributed by atoms with Gasteiger partial charge in [-0.1, -0.05) is 25.1 Å². The lowest BCUT2D eigenvalue weighted by molar-refractivity contribution is -0.117. The van der Waals surface area contributed by atoms with E-state index in [2.05, 4.69) is 0 Å². The number of hydrogen-bond acceptors (Lipinski definition) is 2. The lowest BCUT2D eigenvalue weighted by Crippen LogP contribution is -2.13. The van der Waals surface area contributed by atoms with Gasteiger partial charge in [-0.05, 0) is 12.0 Å². The quantitative estimate of drug-likeness (QED) is 0.726. The minimum Gasteiger partial charge on any atom is -0.507 e. The van der Waals surface area contributed by atoms with Gasteiger partial charge in [-0.3, -0.25) is 4.79 Å². The predicted octanol–water partition coefficient (Wildman–Crippen LogP) is 0.982. The van der Waals surface area contributed by atoms with Crippen LogP contribution in [0.3, 0.4) is 0 Å². The second-order valence-electron chi connectivity index (χ2n) is 2.92. The van der Waals surface area contributed by atoms with Crippen molar-refractivity contribution in [1.82, 2.24) is 0 Å². The van der Waals surface area contributed by atoms with E-state index in [9.17, 15) is 9.90 Å². The van der Waals surface area contributed by atoms with Crippen LogP contribution in [0.1, 0.15) is 18.1 Å². The molecule has 0 atom stereocenters. The van der Waals surface area contributed by atoms with Crippen LogP contribution in [0.4, 0.5) is 0 Å². The van der Waals surface area contributed by atoms with Gasteiger partial charge in [0.15, 0.2) is 0 Å². The lowest BCUT2D eigenvalue weighted by atomic mass is 10.0. The van der Waals surface area contributed by atoms with Crippen LogP contribution in [0.2, 0.25) is 0 Å². The predicted molar refractivity (Wildman–Crippen MR) is 50.4 cm³/mol. The fourth-order valence-electron chi connectivity index (χ4n) is 1.26. The van der Waals surface area contributed by atoms with Crippen molar-refractivity contribution in [3.05, 3.63) is 29.3 Å². The van der Waals surface area contributed by atoms with Gasteiger partial charge in [0.25, 0.3) is 0 Å². The molecule has 3 nitrogen and oxygen atoms in total. The number of phenolic OH excluding ortho intramolecular Hbond substituents is 1. The number of phenols is 1. The molecular weight excluding hydrogens is 166 g/mol. The molecule has 0 aromatic heterocycles. The maximum Gasteiger partial charge on any atom is 0.221 e. The highest BCUT2D eigenvalue weighted by molar-refractivity contribution is 5.77. The summed E-state index contributed by atoms with van der Waals surface area (Å²) in [7, 11) is 0. The van der Waals surface area contributed by atoms with Crippen LogP contribution in [0.15, 0.2) is 18.2 Å². The molecule has 0 heterocycles. The van der Waals surface area contributed by atoms with Crippen LogP contribution in [-0.4, -0.2) is 11.0 Å². The third-order valence-corrected chi connectivity index (χ3v) is 1.95. The third-order valence-electron chi connectivity index (χ3n) is 1.95. The first-order valence-corrected chi connectivity index (χ1v) is 4.23. The number of carbonyl (C=O) groups is 1. The largest absolute Gasteiger partial charge is 0.507 e. The molecule has 1 aromatic rings. The van der Waals surface area contributed by atoms with Crippen LogP contribution in [0.5, 0.6) is 5.75 Å². The Hall–Kier alpha value is -1.51. The second kappa shape index (κ2) is 3.94. The Morgan fingerprint density at radius 1 is 1.46 bits per heavy atom. The standard InChI is InChI=1S/C10H13NO2/c1-2-7-4-3-5-8(10(7)13)6-9(11)12/h3-5,13H,2,6H2,1H3,(H2,11,12). The van der Waals surface area contributed by atoms with E-state index in [0.29, 0.717) is 5.56 Å². The van der Waals surface area contributed by atoms with E-state index in [1.165, 1.54) is 0 Å². The average molecular weight is 179 g/mol. The van der Waals surface area contributed by atoms with E-state index in [1.807, 2.05) is 19.1 Å². The molecule has 0 bridgehead atoms. The number of primary amides is 1. The van der Waals surface area contributed by atoms with Gasteiger partial charge in [-0.2, -0.15) is 0 Å². The van der Waals surface area contributed by atoms with Crippen molar-refractivity contribution in [3.8, 4) is 5.75 Å². The molecular formula is C10H13NO2. The van der Waals surface area contributed by atoms with E-state index < -0.39 is 5.91 Å². The minimum atomic E-state index is -0.427. The fraction of sp³-hybridized carbons (Fsp3) is 0.300. The Kier molecular flexibility index (Phi) is 2.90. The van der Waals surface area contributed by atoms with Crippen LogP contribution in [-0.2, 0) is 17.6 Å². The summed E-state index contributed by atoms with van der Waals surface area (Å²) in [6, 6.07) is 5.36. The molecule has 0 saturated heterocycles. The van der Waals surface area contributed by atoms with E-state index in [1.54, 1.807) is 6.07 Å². The van der Waals surface area contributed by atoms with Crippen LogP contribution in [0.25, 0.3) is 0 Å². The first-order valence-electron chi connectivity index (χ1n) is 4.23. The zero-order valence-corrected chi connectivity index (χ0v) is 7.58. The van der Waals surface area contributed by atoms with Gasteiger partial charge in [0.1, 0.15) is 5.75 Å². The SMILES string of the molecule is CCc1cccc(CC(N)=O)c1O. The Morgan fingerprint density at radius 3 is 2.62 bits per heavy atom. The smallest absolute Gasteiger partial charge is 0.221 e. The van der Waals surface area contributed by atoms with Gasteiger partial charge in [0.2, 0.25) is 5.91 Å². The van der Waals surface area contributed by atoms with Crippen molar-refractivity contribution in [1.29, 1.82) is 0 Å². The summed E-state index contributed by atoms with van der Waals surface area (Å²) in [5, 5.41) is 9.63. The molecule has 3 N–H and O–H groups in total. The average Bonchev–Trinajstić information content (AvgIpc) is 2.08. The van der Waals surface area contributed by atoms with Crippen LogP contribution in [0, 0.1) is 0 Å². The summed E-state index contributed by atoms with van der Waals surface area (Å²) in [6.45, 7) is 1.95. The van der Waals surface area contributed by atoms with Crippen molar-refractivity contribution < 1.29 is 9.90 Å². The highest BCUT2D eigenvalue weighted by atomic mass is 16.3. The lowest BCUT2D eigenvalue weighted by Gasteiger charge is -2.06. The van der Waals surface area contributed by atoms with Gasteiger partial charge in [-0.15, -0.1) is 0 Å². The number of hydrogen-bond donors (Lipinski definition) is 2. The van der Waals surface area contributed by atoms with Crippen molar-refractivity contribution in [2.24, 2.45) is 5.73 Å². The maximum atomic E-state index is 10.6. The monoisotopic (exact) mass is 179 g/mol. The molecule has 0 fully saturated rings. The zero-order valence-electron chi connectivity index (χ0n) is 7.58. The molecule has 0 saturated carbocycles. The van der Waals surface area contributed by atoms with E-state index >= 15 is 0 Å². The number of carbonyl (C=O) groups excluding carboxylic acids is 1.